The number of nitrogens with zero attached hydrogens (tertiary/aromatic N) is 12. The molecule has 0 saturated heterocycles. The van der Waals surface area contributed by atoms with Crippen LogP contribution in [0.2, 0.25) is 0 Å². The van der Waals surface area contributed by atoms with E-state index >= 15 is 0 Å². The lowest BCUT2D eigenvalue weighted by Crippen LogP contribution is -2.02. The van der Waals surface area contributed by atoms with Crippen molar-refractivity contribution in [2.75, 3.05) is 0 Å². The number of pyridine rings is 2. The molecule has 6 aromatic carbocycles. The zero-order valence-corrected chi connectivity index (χ0v) is 31.4. The fraction of sp³-hybridized carbons (Fsp3) is 0. The first kappa shape index (κ1) is 33.5. The minimum absolute atomic E-state index is 0.472. The van der Waals surface area contributed by atoms with Crippen molar-refractivity contribution in [2.24, 2.45) is 0 Å². The first-order chi connectivity index (χ1) is 29.7. The molecule has 0 aliphatic heterocycles. The molecule has 0 radical (unpaired) electrons. The maximum Gasteiger partial charge on any atom is 0.166 e. The minimum atomic E-state index is 0.472. The van der Waals surface area contributed by atoms with E-state index in [1.165, 1.54) is 0 Å². The fourth-order valence-electron chi connectivity index (χ4n) is 8.03. The summed E-state index contributed by atoms with van der Waals surface area (Å²) in [5.41, 5.74) is 7.78. The van der Waals surface area contributed by atoms with E-state index in [1.54, 1.807) is 49.6 Å². The van der Waals surface area contributed by atoms with Crippen molar-refractivity contribution < 1.29 is 0 Å². The Bertz CT molecular complexity index is 3450. The molecular weight excluding hydrogens is 745 g/mol. The number of hydrogen-bond donors (Lipinski definition) is 0. The van der Waals surface area contributed by atoms with E-state index in [1.807, 2.05) is 60.7 Å². The molecule has 0 spiro atoms. The summed E-state index contributed by atoms with van der Waals surface area (Å²) in [6, 6.07) is 36.4. The molecule has 12 heteroatoms. The zero-order chi connectivity index (χ0) is 39.6. The monoisotopic (exact) mass is 770 g/mol. The van der Waals surface area contributed by atoms with E-state index in [0.717, 1.165) is 76.7 Å². The minimum Gasteiger partial charge on any atom is -0.265 e. The van der Waals surface area contributed by atoms with E-state index < -0.39 is 0 Å². The van der Waals surface area contributed by atoms with E-state index in [2.05, 4.69) is 68.5 Å². The van der Waals surface area contributed by atoms with Gasteiger partial charge in [0.05, 0.1) is 22.1 Å². The molecule has 12 aromatic rings. The molecule has 0 aliphatic rings. The maximum atomic E-state index is 5.19. The average molecular weight is 771 g/mol. The molecule has 0 atom stereocenters. The van der Waals surface area contributed by atoms with Gasteiger partial charge in [0.25, 0.3) is 0 Å². The summed E-state index contributed by atoms with van der Waals surface area (Å²) in [7, 11) is 0. The molecule has 12 nitrogen and oxygen atoms in total. The Morgan fingerprint density at radius 1 is 0.283 bits per heavy atom. The number of para-hydroxylation sites is 2. The van der Waals surface area contributed by atoms with Crippen LogP contribution >= 0.6 is 0 Å². The molecule has 0 bridgehead atoms. The van der Waals surface area contributed by atoms with Crippen molar-refractivity contribution in [1.82, 2.24) is 59.8 Å². The summed E-state index contributed by atoms with van der Waals surface area (Å²) in [5, 5.41) is 6.34. The SMILES string of the molecule is c1cc(-c2nc(-c3ccc4ccc5c(-c6nc(-c7ccncc7)nc(-c7ccncc7)n6)ccc6ccc3c4c65)nc(-c3cccc4nccnc34)n2)c2nccnc2c1. The Kier molecular flexibility index (Phi) is 7.53. The van der Waals surface area contributed by atoms with Crippen molar-refractivity contribution in [2.45, 2.75) is 0 Å². The summed E-state index contributed by atoms with van der Waals surface area (Å²) in [6.45, 7) is 0. The maximum absolute atomic E-state index is 5.19. The van der Waals surface area contributed by atoms with Gasteiger partial charge in [0, 0.05) is 83.0 Å². The quantitative estimate of drug-likeness (QED) is 0.148. The van der Waals surface area contributed by atoms with E-state index in [0.29, 0.717) is 46.0 Å². The Balaban J connectivity index is 1.10. The molecule has 0 aliphatic carbocycles. The van der Waals surface area contributed by atoms with Crippen LogP contribution in [0, 0.1) is 0 Å². The number of aromatic nitrogens is 12. The van der Waals surface area contributed by atoms with Crippen LogP contribution in [0.1, 0.15) is 0 Å². The summed E-state index contributed by atoms with van der Waals surface area (Å²) >= 11 is 0. The van der Waals surface area contributed by atoms with Gasteiger partial charge in [-0.15, -0.1) is 0 Å². The second-order valence-electron chi connectivity index (χ2n) is 14.2. The lowest BCUT2D eigenvalue weighted by atomic mass is 9.89. The summed E-state index contributed by atoms with van der Waals surface area (Å²) in [4.78, 5) is 57.4. The van der Waals surface area contributed by atoms with Crippen LogP contribution in [0.5, 0.6) is 0 Å². The topological polar surface area (TPSA) is 155 Å². The van der Waals surface area contributed by atoms with Gasteiger partial charge in [0.1, 0.15) is 0 Å². The summed E-state index contributed by atoms with van der Waals surface area (Å²) in [6.07, 6.45) is 13.7. The van der Waals surface area contributed by atoms with Crippen LogP contribution in [0.4, 0.5) is 0 Å². The highest BCUT2D eigenvalue weighted by molar-refractivity contribution is 6.27. The van der Waals surface area contributed by atoms with Gasteiger partial charge in [-0.2, -0.15) is 0 Å². The van der Waals surface area contributed by atoms with Crippen LogP contribution in [-0.2, 0) is 0 Å². The average Bonchev–Trinajstić information content (AvgIpc) is 3.33. The van der Waals surface area contributed by atoms with Crippen LogP contribution in [-0.4, -0.2) is 59.8 Å². The van der Waals surface area contributed by atoms with Gasteiger partial charge in [-0.25, -0.2) is 29.9 Å². The Morgan fingerprint density at radius 3 is 1.13 bits per heavy atom. The molecule has 12 rings (SSSR count). The number of hydrogen-bond acceptors (Lipinski definition) is 12. The van der Waals surface area contributed by atoms with E-state index in [9.17, 15) is 0 Å². The Hall–Kier alpha value is -8.64. The van der Waals surface area contributed by atoms with Crippen molar-refractivity contribution in [3.8, 4) is 68.3 Å². The molecule has 0 fully saturated rings. The lowest BCUT2D eigenvalue weighted by molar-refractivity contribution is 1.07. The zero-order valence-electron chi connectivity index (χ0n) is 31.4. The second kappa shape index (κ2) is 13.5. The van der Waals surface area contributed by atoms with Crippen LogP contribution < -0.4 is 0 Å². The van der Waals surface area contributed by atoms with Crippen molar-refractivity contribution in [3.05, 3.63) is 159 Å². The fourth-order valence-corrected chi connectivity index (χ4v) is 8.03. The largest absolute Gasteiger partial charge is 0.265 e. The predicted molar refractivity (Wildman–Crippen MR) is 231 cm³/mol. The third-order valence-corrected chi connectivity index (χ3v) is 10.8. The third kappa shape index (κ3) is 5.46. The molecule has 0 amide bonds. The van der Waals surface area contributed by atoms with Gasteiger partial charge < -0.3 is 0 Å². The summed E-state index contributed by atoms with van der Waals surface area (Å²) < 4.78 is 0. The number of rotatable bonds is 6. The van der Waals surface area contributed by atoms with Gasteiger partial charge >= 0.3 is 0 Å². The van der Waals surface area contributed by atoms with Crippen molar-refractivity contribution >= 4 is 54.4 Å². The molecular formula is C48H26N12. The van der Waals surface area contributed by atoms with Crippen molar-refractivity contribution in [3.63, 3.8) is 0 Å². The highest BCUT2D eigenvalue weighted by atomic mass is 15.0. The number of benzene rings is 6. The molecule has 0 unspecified atom stereocenters. The summed E-state index contributed by atoms with van der Waals surface area (Å²) in [5.74, 6) is 3.12. The van der Waals surface area contributed by atoms with E-state index in [4.69, 9.17) is 39.9 Å². The van der Waals surface area contributed by atoms with Crippen LogP contribution in [0.15, 0.2) is 159 Å². The molecule has 6 heterocycles. The van der Waals surface area contributed by atoms with Gasteiger partial charge in [-0.05, 0) is 93.0 Å². The first-order valence-electron chi connectivity index (χ1n) is 19.2. The lowest BCUT2D eigenvalue weighted by Gasteiger charge is -2.16. The second-order valence-corrected chi connectivity index (χ2v) is 14.2. The smallest absolute Gasteiger partial charge is 0.166 e. The highest BCUT2D eigenvalue weighted by Crippen LogP contribution is 2.42. The molecule has 278 valence electrons. The van der Waals surface area contributed by atoms with E-state index in [-0.39, 0.29) is 0 Å². The standard InChI is InChI=1S/C48H26N12/c1-3-35(41-37(5-1)51-23-25-53-41)47-58-46(59-48(60-47)36-4-2-6-38-42(36)54-26-24-52-38)34-14-10-28-7-11-31-33(13-9-27-8-12-32(34)40(28)39(27)31)45-56-43(29-15-19-49-20-16-29)55-44(57-45)30-17-21-50-22-18-30/h1-26H. The normalized spacial score (nSPS) is 11.7. The van der Waals surface area contributed by atoms with Gasteiger partial charge in [0.15, 0.2) is 34.9 Å². The Morgan fingerprint density at radius 2 is 0.667 bits per heavy atom. The van der Waals surface area contributed by atoms with Gasteiger partial charge in [0.2, 0.25) is 0 Å². The predicted octanol–water partition coefficient (Wildman–Crippen LogP) is 9.63. The molecule has 60 heavy (non-hydrogen) atoms. The third-order valence-electron chi connectivity index (χ3n) is 10.8. The number of fused-ring (bicyclic) bond motifs is 2. The molecule has 0 N–H and O–H groups in total. The van der Waals surface area contributed by atoms with Crippen LogP contribution in [0.25, 0.3) is 123 Å². The van der Waals surface area contributed by atoms with Gasteiger partial charge in [-0.3, -0.25) is 29.9 Å². The van der Waals surface area contributed by atoms with Crippen LogP contribution in [0.3, 0.4) is 0 Å². The Labute approximate surface area is 340 Å². The van der Waals surface area contributed by atoms with Gasteiger partial charge in [-0.1, -0.05) is 48.5 Å². The highest BCUT2D eigenvalue weighted by Gasteiger charge is 2.22. The molecule has 6 aromatic heterocycles. The van der Waals surface area contributed by atoms with Crippen molar-refractivity contribution in [1.29, 1.82) is 0 Å². The first-order valence-corrected chi connectivity index (χ1v) is 19.2. The molecule has 0 saturated carbocycles.